The Labute approximate surface area is 201 Å². The quantitative estimate of drug-likeness (QED) is 0.602. The van der Waals surface area contributed by atoms with E-state index in [4.69, 9.17) is 27.9 Å². The zero-order chi connectivity index (χ0) is 23.5. The first kappa shape index (κ1) is 23.7. The fourth-order valence-corrected chi connectivity index (χ4v) is 5.14. The minimum Gasteiger partial charge on any atom is -0.378 e. The van der Waals surface area contributed by atoms with Gasteiger partial charge in [-0.25, -0.2) is 9.59 Å². The molecule has 1 aromatic carbocycles. The molecule has 1 saturated heterocycles. The Balaban J connectivity index is 1.53. The number of benzene rings is 1. The third-order valence-electron chi connectivity index (χ3n) is 6.26. The van der Waals surface area contributed by atoms with Crippen molar-refractivity contribution in [3.8, 4) is 5.69 Å². The summed E-state index contributed by atoms with van der Waals surface area (Å²) in [5, 5.41) is 8.04. The van der Waals surface area contributed by atoms with Crippen molar-refractivity contribution in [1.29, 1.82) is 0 Å². The van der Waals surface area contributed by atoms with Gasteiger partial charge in [-0.05, 0) is 48.7 Å². The predicted octanol–water partition coefficient (Wildman–Crippen LogP) is 2.44. The van der Waals surface area contributed by atoms with Crippen molar-refractivity contribution in [2.24, 2.45) is 5.92 Å². The maximum absolute atomic E-state index is 13.3. The molecule has 1 aliphatic carbocycles. The fourth-order valence-electron chi connectivity index (χ4n) is 4.58. The van der Waals surface area contributed by atoms with Crippen LogP contribution in [0.2, 0.25) is 10.0 Å². The predicted molar refractivity (Wildman–Crippen MR) is 122 cm³/mol. The molecule has 12 heteroatoms. The van der Waals surface area contributed by atoms with Gasteiger partial charge in [-0.15, -0.1) is 4.68 Å². The number of aromatic nitrogens is 4. The van der Waals surface area contributed by atoms with Gasteiger partial charge in [0.25, 0.3) is 0 Å². The van der Waals surface area contributed by atoms with Crippen molar-refractivity contribution < 1.29 is 14.3 Å². The zero-order valence-corrected chi connectivity index (χ0v) is 19.8. The summed E-state index contributed by atoms with van der Waals surface area (Å²) in [5.41, 5.74) is -0.591. The highest BCUT2D eigenvalue weighted by Gasteiger charge is 2.36. The Morgan fingerprint density at radius 1 is 1.15 bits per heavy atom. The van der Waals surface area contributed by atoms with Gasteiger partial charge in [-0.2, -0.15) is 4.68 Å². The van der Waals surface area contributed by atoms with E-state index < -0.39 is 11.7 Å². The maximum Gasteiger partial charge on any atom is 0.377 e. The molecule has 0 unspecified atom stereocenters. The Kier molecular flexibility index (Phi) is 7.35. The number of carbonyl (C=O) groups excluding carboxylic acids is 2. The molecule has 0 N–H and O–H groups in total. The van der Waals surface area contributed by atoms with Gasteiger partial charge < -0.3 is 14.5 Å². The molecule has 0 bridgehead atoms. The first-order chi connectivity index (χ1) is 15.9. The number of morpholine rings is 1. The molecule has 2 atom stereocenters. The molecule has 178 valence electrons. The normalized spacial score (nSPS) is 21.1. The van der Waals surface area contributed by atoms with Gasteiger partial charge in [-0.3, -0.25) is 4.79 Å². The highest BCUT2D eigenvalue weighted by atomic mass is 35.5. The van der Waals surface area contributed by atoms with Crippen molar-refractivity contribution in [3.05, 3.63) is 38.7 Å². The lowest BCUT2D eigenvalue weighted by Gasteiger charge is -2.38. The van der Waals surface area contributed by atoms with E-state index in [9.17, 15) is 14.4 Å². The summed E-state index contributed by atoms with van der Waals surface area (Å²) in [5.74, 6) is -0.0407. The highest BCUT2D eigenvalue weighted by Crippen LogP contribution is 2.30. The Morgan fingerprint density at radius 2 is 1.85 bits per heavy atom. The monoisotopic (exact) mass is 496 g/mol. The zero-order valence-electron chi connectivity index (χ0n) is 18.3. The molecule has 2 aliphatic rings. The molecular weight excluding hydrogens is 471 g/mol. The Hall–Kier alpha value is -2.43. The van der Waals surface area contributed by atoms with Crippen LogP contribution < -0.4 is 5.69 Å². The highest BCUT2D eigenvalue weighted by molar-refractivity contribution is 6.37. The summed E-state index contributed by atoms with van der Waals surface area (Å²) < 4.78 is 6.98. The lowest BCUT2D eigenvalue weighted by atomic mass is 9.84. The van der Waals surface area contributed by atoms with Gasteiger partial charge in [0, 0.05) is 31.6 Å². The van der Waals surface area contributed by atoms with E-state index in [0.29, 0.717) is 39.3 Å². The van der Waals surface area contributed by atoms with Gasteiger partial charge >= 0.3 is 11.7 Å². The number of carbonyl (C=O) groups is 2. The van der Waals surface area contributed by atoms with Gasteiger partial charge in [0.05, 0.1) is 23.3 Å². The summed E-state index contributed by atoms with van der Waals surface area (Å²) in [6, 6.07) is 4.03. The van der Waals surface area contributed by atoms with Crippen molar-refractivity contribution in [2.45, 2.75) is 38.6 Å². The average Bonchev–Trinajstić information content (AvgIpc) is 3.20. The average molecular weight is 497 g/mol. The molecule has 0 radical (unpaired) electrons. The van der Waals surface area contributed by atoms with Crippen molar-refractivity contribution in [1.82, 2.24) is 29.6 Å². The van der Waals surface area contributed by atoms with Gasteiger partial charge in [0.15, 0.2) is 0 Å². The topological polar surface area (TPSA) is 103 Å². The van der Waals surface area contributed by atoms with Crippen LogP contribution in [-0.4, -0.2) is 80.4 Å². The van der Waals surface area contributed by atoms with Gasteiger partial charge in [-0.1, -0.05) is 35.7 Å². The van der Waals surface area contributed by atoms with Crippen LogP contribution in [0.5, 0.6) is 0 Å². The molecule has 2 amide bonds. The Morgan fingerprint density at radius 3 is 2.52 bits per heavy atom. The molecule has 4 rings (SSSR count). The van der Waals surface area contributed by atoms with Gasteiger partial charge in [0.2, 0.25) is 5.91 Å². The second-order valence-corrected chi connectivity index (χ2v) is 8.99. The molecule has 2 heterocycles. The van der Waals surface area contributed by atoms with E-state index >= 15 is 0 Å². The van der Waals surface area contributed by atoms with Crippen molar-refractivity contribution in [3.63, 3.8) is 0 Å². The lowest BCUT2D eigenvalue weighted by Crippen LogP contribution is -2.50. The number of hydrogen-bond donors (Lipinski definition) is 0. The van der Waals surface area contributed by atoms with Crippen molar-refractivity contribution >= 4 is 35.1 Å². The fraction of sp³-hybridized carbons (Fsp3) is 0.571. The Bertz CT molecular complexity index is 1060. The number of tetrazole rings is 1. The van der Waals surface area contributed by atoms with Crippen LogP contribution in [0.15, 0.2) is 23.0 Å². The van der Waals surface area contributed by atoms with E-state index in [-0.39, 0.29) is 33.6 Å². The molecular formula is C21H26Cl2N6O4. The van der Waals surface area contributed by atoms with Crippen molar-refractivity contribution in [2.75, 3.05) is 32.8 Å². The third kappa shape index (κ3) is 4.78. The lowest BCUT2D eigenvalue weighted by molar-refractivity contribution is -0.141. The molecule has 2 fully saturated rings. The summed E-state index contributed by atoms with van der Waals surface area (Å²) in [6.07, 6.45) is 2.92. The first-order valence-corrected chi connectivity index (χ1v) is 11.8. The minimum atomic E-state index is -0.759. The summed E-state index contributed by atoms with van der Waals surface area (Å²) in [4.78, 5) is 42.7. The summed E-state index contributed by atoms with van der Waals surface area (Å²) >= 11 is 12.4. The number of amides is 2. The second kappa shape index (κ2) is 10.2. The molecule has 0 spiro atoms. The summed E-state index contributed by atoms with van der Waals surface area (Å²) in [7, 11) is 0. The number of rotatable bonds is 4. The standard InChI is InChI=1S/C21H26Cl2N6O4/c1-2-27(15-6-3-5-14(13-15)19(30)26-9-11-33-12-10-26)20(31)29-21(32)28(24-25-29)18-16(22)7-4-8-17(18)23/h4,7-8,14-15H,2-3,5-6,9-13H2,1H3/t14-,15-/m1/s1. The van der Waals surface area contributed by atoms with Crippen LogP contribution in [0, 0.1) is 5.92 Å². The number of ether oxygens (including phenoxy) is 1. The molecule has 33 heavy (non-hydrogen) atoms. The molecule has 1 saturated carbocycles. The SMILES string of the molecule is CCN(C(=O)n1nnn(-c2c(Cl)cccc2Cl)c1=O)[C@@H]1CCC[C@@H](C(=O)N2CCOCC2)C1. The number of hydrogen-bond acceptors (Lipinski definition) is 6. The molecule has 2 aromatic rings. The smallest absolute Gasteiger partial charge is 0.377 e. The van der Waals surface area contributed by atoms with Crippen LogP contribution in [0.3, 0.4) is 0 Å². The van der Waals surface area contributed by atoms with E-state index in [1.165, 1.54) is 0 Å². The first-order valence-electron chi connectivity index (χ1n) is 11.1. The van der Waals surface area contributed by atoms with E-state index in [0.717, 1.165) is 28.6 Å². The van der Waals surface area contributed by atoms with Crippen LogP contribution in [0.4, 0.5) is 4.79 Å². The van der Waals surface area contributed by atoms with E-state index in [1.807, 2.05) is 11.8 Å². The number of para-hydroxylation sites is 1. The van der Waals surface area contributed by atoms with E-state index in [2.05, 4.69) is 10.4 Å². The maximum atomic E-state index is 13.3. The van der Waals surface area contributed by atoms with Crippen LogP contribution in [-0.2, 0) is 9.53 Å². The molecule has 1 aromatic heterocycles. The summed E-state index contributed by atoms with van der Waals surface area (Å²) in [6.45, 7) is 4.50. The second-order valence-electron chi connectivity index (χ2n) is 8.18. The third-order valence-corrected chi connectivity index (χ3v) is 6.87. The number of halogens is 2. The molecule has 10 nitrogen and oxygen atoms in total. The van der Waals surface area contributed by atoms with Crippen LogP contribution in [0.25, 0.3) is 5.69 Å². The largest absolute Gasteiger partial charge is 0.378 e. The molecule has 1 aliphatic heterocycles. The van der Waals surface area contributed by atoms with Crippen LogP contribution in [0.1, 0.15) is 32.6 Å². The number of nitrogens with zero attached hydrogens (tertiary/aromatic N) is 6. The minimum absolute atomic E-state index is 0.114. The van der Waals surface area contributed by atoms with Crippen LogP contribution >= 0.6 is 23.2 Å². The van der Waals surface area contributed by atoms with Gasteiger partial charge in [0.1, 0.15) is 5.69 Å². The van der Waals surface area contributed by atoms with E-state index in [1.54, 1.807) is 23.1 Å².